The van der Waals surface area contributed by atoms with Crippen molar-refractivity contribution in [3.8, 4) is 0 Å². The van der Waals surface area contributed by atoms with Gasteiger partial charge in [0.05, 0.1) is 0 Å². The molecule has 0 saturated carbocycles. The maximum absolute atomic E-state index is 5.87. The Hall–Kier alpha value is -0.690. The first kappa shape index (κ1) is 16.7. The quantitative estimate of drug-likeness (QED) is 0.799. The predicted octanol–water partition coefficient (Wildman–Crippen LogP) is 1.77. The van der Waals surface area contributed by atoms with E-state index in [1.54, 1.807) is 0 Å². The fraction of sp³-hybridized carbons (Fsp3) is 0.533. The predicted molar refractivity (Wildman–Crippen MR) is 97.2 cm³/mol. The summed E-state index contributed by atoms with van der Waals surface area (Å²) in [5, 5.41) is 0. The molecule has 1 aromatic carbocycles. The Kier molecular flexibility index (Phi) is 5.98. The van der Waals surface area contributed by atoms with Gasteiger partial charge in [0.15, 0.2) is 0 Å². The van der Waals surface area contributed by atoms with Crippen LogP contribution in [0.15, 0.2) is 22.7 Å². The van der Waals surface area contributed by atoms with Gasteiger partial charge in [-0.05, 0) is 32.3 Å². The minimum Gasteiger partial charge on any atom is -0.389 e. The molecule has 0 aliphatic carbocycles. The number of hydrogen-bond donors (Lipinski definition) is 1. The molecule has 0 atom stereocenters. The van der Waals surface area contributed by atoms with Crippen molar-refractivity contribution < 1.29 is 0 Å². The maximum Gasteiger partial charge on any atom is 0.106 e. The zero-order valence-corrected chi connectivity index (χ0v) is 15.1. The lowest BCUT2D eigenvalue weighted by Crippen LogP contribution is -2.48. The van der Waals surface area contributed by atoms with Crippen molar-refractivity contribution in [2.24, 2.45) is 5.73 Å². The van der Waals surface area contributed by atoms with Gasteiger partial charge in [-0.25, -0.2) is 0 Å². The molecule has 1 aromatic rings. The van der Waals surface area contributed by atoms with Crippen molar-refractivity contribution in [2.75, 3.05) is 58.3 Å². The Morgan fingerprint density at radius 2 is 1.95 bits per heavy atom. The summed E-state index contributed by atoms with van der Waals surface area (Å²) in [5.41, 5.74) is 7.98. The topological polar surface area (TPSA) is 35.7 Å². The number of hydrogen-bond acceptors (Lipinski definition) is 4. The van der Waals surface area contributed by atoms with E-state index in [9.17, 15) is 0 Å². The van der Waals surface area contributed by atoms with Crippen LogP contribution in [0.25, 0.3) is 0 Å². The molecule has 2 rings (SSSR count). The molecule has 1 heterocycles. The van der Waals surface area contributed by atoms with Crippen LogP contribution in [0.2, 0.25) is 0 Å². The van der Waals surface area contributed by atoms with Crippen molar-refractivity contribution in [1.29, 1.82) is 0 Å². The Labute approximate surface area is 141 Å². The molecular weight excluding hydrogens is 348 g/mol. The molecule has 0 aromatic heterocycles. The molecule has 1 fully saturated rings. The Morgan fingerprint density at radius 3 is 2.52 bits per heavy atom. The third kappa shape index (κ3) is 4.64. The molecule has 4 nitrogen and oxygen atoms in total. The van der Waals surface area contributed by atoms with E-state index in [4.69, 9.17) is 18.0 Å². The van der Waals surface area contributed by atoms with Gasteiger partial charge in [0, 0.05) is 55.0 Å². The second-order valence-electron chi connectivity index (χ2n) is 5.66. The number of piperazine rings is 1. The van der Waals surface area contributed by atoms with Gasteiger partial charge in [0.25, 0.3) is 0 Å². The molecular formula is C15H23BrN4S. The summed E-state index contributed by atoms with van der Waals surface area (Å²) in [6, 6.07) is 6.17. The third-order valence-electron chi connectivity index (χ3n) is 3.80. The van der Waals surface area contributed by atoms with E-state index in [0.717, 1.165) is 55.0 Å². The van der Waals surface area contributed by atoms with Gasteiger partial charge in [-0.3, -0.25) is 4.90 Å². The lowest BCUT2D eigenvalue weighted by Gasteiger charge is -2.37. The number of rotatable bonds is 5. The normalized spacial score (nSPS) is 16.5. The molecule has 1 aliphatic heterocycles. The van der Waals surface area contributed by atoms with Crippen LogP contribution in [0, 0.1) is 0 Å². The first-order valence-corrected chi connectivity index (χ1v) is 8.39. The van der Waals surface area contributed by atoms with Crippen LogP contribution in [0.5, 0.6) is 0 Å². The highest BCUT2D eigenvalue weighted by molar-refractivity contribution is 9.10. The number of nitrogens with zero attached hydrogens (tertiary/aromatic N) is 3. The van der Waals surface area contributed by atoms with Crippen LogP contribution in [0.3, 0.4) is 0 Å². The molecule has 116 valence electrons. The first-order valence-electron chi connectivity index (χ1n) is 7.19. The minimum atomic E-state index is 0.460. The number of nitrogens with two attached hydrogens (primary N) is 1. The number of anilines is 1. The second kappa shape index (κ2) is 7.54. The largest absolute Gasteiger partial charge is 0.389 e. The average Bonchev–Trinajstić information content (AvgIpc) is 2.45. The van der Waals surface area contributed by atoms with Gasteiger partial charge in [0.2, 0.25) is 0 Å². The zero-order valence-electron chi connectivity index (χ0n) is 12.7. The maximum atomic E-state index is 5.87. The van der Waals surface area contributed by atoms with Gasteiger partial charge in [-0.1, -0.05) is 28.1 Å². The van der Waals surface area contributed by atoms with Crippen molar-refractivity contribution in [2.45, 2.75) is 0 Å². The fourth-order valence-corrected chi connectivity index (χ4v) is 3.06. The van der Waals surface area contributed by atoms with E-state index < -0.39 is 0 Å². The standard InChI is InChI=1S/C15H23BrN4S/c1-18(2)5-6-19-7-9-20(10-8-19)14-4-3-12(16)11-13(14)15(17)21/h3-4,11H,5-10H2,1-2H3,(H2,17,21). The van der Waals surface area contributed by atoms with Crippen LogP contribution >= 0.6 is 28.1 Å². The molecule has 0 amide bonds. The highest BCUT2D eigenvalue weighted by Crippen LogP contribution is 2.25. The zero-order chi connectivity index (χ0) is 15.4. The van der Waals surface area contributed by atoms with Crippen molar-refractivity contribution >= 4 is 38.8 Å². The highest BCUT2D eigenvalue weighted by atomic mass is 79.9. The van der Waals surface area contributed by atoms with Crippen LogP contribution < -0.4 is 10.6 Å². The summed E-state index contributed by atoms with van der Waals surface area (Å²) in [6.07, 6.45) is 0. The summed E-state index contributed by atoms with van der Waals surface area (Å²) < 4.78 is 1.01. The summed E-state index contributed by atoms with van der Waals surface area (Å²) in [7, 11) is 4.24. The van der Waals surface area contributed by atoms with Crippen molar-refractivity contribution in [3.05, 3.63) is 28.2 Å². The van der Waals surface area contributed by atoms with Gasteiger partial charge in [-0.2, -0.15) is 0 Å². The van der Waals surface area contributed by atoms with Gasteiger partial charge in [-0.15, -0.1) is 0 Å². The van der Waals surface area contributed by atoms with Gasteiger partial charge >= 0.3 is 0 Å². The summed E-state index contributed by atoms with van der Waals surface area (Å²) in [5.74, 6) is 0. The van der Waals surface area contributed by atoms with Crippen molar-refractivity contribution in [1.82, 2.24) is 9.80 Å². The molecule has 21 heavy (non-hydrogen) atoms. The van der Waals surface area contributed by atoms with Crippen LogP contribution in [0.4, 0.5) is 5.69 Å². The van der Waals surface area contributed by atoms with Crippen LogP contribution in [-0.4, -0.2) is 68.2 Å². The molecule has 0 radical (unpaired) electrons. The number of likely N-dealkylation sites (N-methyl/N-ethyl adjacent to an activating group) is 1. The number of thiocarbonyl (C=S) groups is 1. The molecule has 0 unspecified atom stereocenters. The molecule has 1 saturated heterocycles. The molecule has 6 heteroatoms. The molecule has 0 bridgehead atoms. The van der Waals surface area contributed by atoms with Crippen molar-refractivity contribution in [3.63, 3.8) is 0 Å². The third-order valence-corrected chi connectivity index (χ3v) is 4.51. The summed E-state index contributed by atoms with van der Waals surface area (Å²) in [4.78, 5) is 7.58. The van der Waals surface area contributed by atoms with Crippen LogP contribution in [-0.2, 0) is 0 Å². The van der Waals surface area contributed by atoms with Gasteiger partial charge < -0.3 is 15.5 Å². The molecule has 0 spiro atoms. The Balaban J connectivity index is 2.01. The van der Waals surface area contributed by atoms with Crippen LogP contribution in [0.1, 0.15) is 5.56 Å². The summed E-state index contributed by atoms with van der Waals surface area (Å²) >= 11 is 8.67. The van der Waals surface area contributed by atoms with E-state index in [2.05, 4.69) is 56.9 Å². The second-order valence-corrected chi connectivity index (χ2v) is 7.01. The van der Waals surface area contributed by atoms with E-state index >= 15 is 0 Å². The van der Waals surface area contributed by atoms with E-state index in [0.29, 0.717) is 4.99 Å². The molecule has 2 N–H and O–H groups in total. The monoisotopic (exact) mass is 370 g/mol. The SMILES string of the molecule is CN(C)CCN1CCN(c2ccc(Br)cc2C(N)=S)CC1. The van der Waals surface area contributed by atoms with E-state index in [1.165, 1.54) is 0 Å². The average molecular weight is 371 g/mol. The van der Waals surface area contributed by atoms with E-state index in [-0.39, 0.29) is 0 Å². The number of benzene rings is 1. The smallest absolute Gasteiger partial charge is 0.106 e. The lowest BCUT2D eigenvalue weighted by atomic mass is 10.1. The highest BCUT2D eigenvalue weighted by Gasteiger charge is 2.19. The minimum absolute atomic E-state index is 0.460. The number of halogens is 1. The lowest BCUT2D eigenvalue weighted by molar-refractivity contribution is 0.229. The fourth-order valence-electron chi connectivity index (χ4n) is 2.54. The van der Waals surface area contributed by atoms with E-state index in [1.807, 2.05) is 6.07 Å². The Bertz CT molecular complexity index is 498. The first-order chi connectivity index (χ1) is 9.97. The Morgan fingerprint density at radius 1 is 1.29 bits per heavy atom. The molecule has 1 aliphatic rings. The summed E-state index contributed by atoms with van der Waals surface area (Å²) in [6.45, 7) is 6.44. The van der Waals surface area contributed by atoms with Gasteiger partial charge in [0.1, 0.15) is 4.99 Å².